The zero-order valence-corrected chi connectivity index (χ0v) is 19.5. The average molecular weight is 459 g/mol. The van der Waals surface area contributed by atoms with Crippen LogP contribution in [0.3, 0.4) is 0 Å². The fourth-order valence-corrected chi connectivity index (χ4v) is 3.81. The Hall–Kier alpha value is -3.71. The number of rotatable bonds is 9. The normalized spacial score (nSPS) is 10.7. The average Bonchev–Trinajstić information content (AvgIpc) is 3.14. The molecule has 0 aliphatic heterocycles. The molecule has 0 unspecified atom stereocenters. The van der Waals surface area contributed by atoms with Crippen molar-refractivity contribution in [2.45, 2.75) is 26.9 Å². The molecule has 33 heavy (non-hydrogen) atoms. The largest absolute Gasteiger partial charge is 0.494 e. The minimum Gasteiger partial charge on any atom is -0.494 e. The summed E-state index contributed by atoms with van der Waals surface area (Å²) in [5.74, 6) is 1.40. The second kappa shape index (κ2) is 10.3. The van der Waals surface area contributed by atoms with Gasteiger partial charge in [0.15, 0.2) is 11.6 Å². The Morgan fingerprint density at radius 1 is 1.00 bits per heavy atom. The number of carbonyl (C=O) groups is 1. The van der Waals surface area contributed by atoms with Crippen molar-refractivity contribution in [2.24, 2.45) is 0 Å². The van der Waals surface area contributed by atoms with E-state index in [2.05, 4.69) is 24.4 Å². The lowest BCUT2D eigenvalue weighted by Crippen LogP contribution is -2.12. The van der Waals surface area contributed by atoms with Gasteiger partial charge in [0.05, 0.1) is 13.2 Å². The van der Waals surface area contributed by atoms with Crippen LogP contribution >= 0.6 is 12.2 Å². The molecule has 4 rings (SSSR count). The molecule has 3 aromatic carbocycles. The number of hydrogen-bond donors (Lipinski definition) is 1. The lowest BCUT2D eigenvalue weighted by atomic mass is 10.1. The first kappa shape index (κ1) is 22.5. The fraction of sp³-hybridized carbons (Fsp3) is 0.192. The van der Waals surface area contributed by atoms with Crippen LogP contribution in [-0.2, 0) is 13.1 Å². The van der Waals surface area contributed by atoms with Gasteiger partial charge in [-0.1, -0.05) is 35.9 Å². The molecule has 0 atom stereocenters. The molecule has 1 heterocycles. The van der Waals surface area contributed by atoms with Crippen LogP contribution in [0.2, 0.25) is 0 Å². The number of hydrogen-bond acceptors (Lipinski definition) is 5. The van der Waals surface area contributed by atoms with Crippen LogP contribution in [0.5, 0.6) is 5.75 Å². The van der Waals surface area contributed by atoms with Gasteiger partial charge >= 0.3 is 0 Å². The van der Waals surface area contributed by atoms with Crippen LogP contribution in [-0.4, -0.2) is 26.7 Å². The molecule has 0 saturated heterocycles. The highest BCUT2D eigenvalue weighted by Crippen LogP contribution is 2.17. The van der Waals surface area contributed by atoms with Crippen molar-refractivity contribution in [3.8, 4) is 11.4 Å². The number of aromatic nitrogens is 3. The molecule has 6 nitrogen and oxygen atoms in total. The smallest absolute Gasteiger partial charge is 0.203 e. The Kier molecular flexibility index (Phi) is 7.00. The summed E-state index contributed by atoms with van der Waals surface area (Å²) in [5.41, 5.74) is 3.69. The van der Waals surface area contributed by atoms with Crippen LogP contribution in [0, 0.1) is 11.7 Å². The first-order valence-electron chi connectivity index (χ1n) is 10.9. The van der Waals surface area contributed by atoms with Crippen molar-refractivity contribution in [3.63, 3.8) is 0 Å². The van der Waals surface area contributed by atoms with E-state index in [1.807, 2.05) is 54.0 Å². The number of carbonyl (C=O) groups excluding carboxylic acids is 1. The van der Waals surface area contributed by atoms with Gasteiger partial charge in [-0.25, -0.2) is 4.68 Å². The number of Topliss-reactive ketones (excluding diaryl/α,β-unsaturated/α-hetero) is 1. The monoisotopic (exact) mass is 458 g/mol. The van der Waals surface area contributed by atoms with Gasteiger partial charge in [-0.05, 0) is 74.6 Å². The summed E-state index contributed by atoms with van der Waals surface area (Å²) in [5, 5.41) is 8.10. The van der Waals surface area contributed by atoms with Crippen molar-refractivity contribution in [1.82, 2.24) is 14.3 Å². The van der Waals surface area contributed by atoms with E-state index in [1.165, 1.54) is 5.56 Å². The van der Waals surface area contributed by atoms with E-state index in [0.717, 1.165) is 22.9 Å². The number of para-hydroxylation sites is 1. The molecule has 0 aliphatic rings. The molecule has 0 bridgehead atoms. The van der Waals surface area contributed by atoms with Gasteiger partial charge in [0, 0.05) is 16.9 Å². The molecule has 0 saturated carbocycles. The van der Waals surface area contributed by atoms with Gasteiger partial charge in [-0.15, -0.1) is 0 Å². The molecule has 0 aliphatic carbocycles. The van der Waals surface area contributed by atoms with Gasteiger partial charge in [0.2, 0.25) is 4.77 Å². The number of nitrogens with zero attached hydrogens (tertiary/aromatic N) is 3. The highest BCUT2D eigenvalue weighted by Gasteiger charge is 2.16. The van der Waals surface area contributed by atoms with Crippen molar-refractivity contribution >= 4 is 23.7 Å². The zero-order valence-electron chi connectivity index (χ0n) is 18.7. The number of anilines is 1. The van der Waals surface area contributed by atoms with Crippen molar-refractivity contribution in [1.29, 1.82) is 0 Å². The molecule has 1 aromatic heterocycles. The predicted molar refractivity (Wildman–Crippen MR) is 133 cm³/mol. The second-order valence-corrected chi connectivity index (χ2v) is 7.99. The van der Waals surface area contributed by atoms with E-state index in [4.69, 9.17) is 22.1 Å². The highest BCUT2D eigenvalue weighted by atomic mass is 32.1. The highest BCUT2D eigenvalue weighted by molar-refractivity contribution is 7.71. The summed E-state index contributed by atoms with van der Waals surface area (Å²) < 4.78 is 9.43. The van der Waals surface area contributed by atoms with Gasteiger partial charge < -0.3 is 10.1 Å². The molecule has 0 amide bonds. The lowest BCUT2D eigenvalue weighted by molar-refractivity contribution is 0.0967. The topological polar surface area (TPSA) is 61.1 Å². The number of ketones is 1. The van der Waals surface area contributed by atoms with Crippen LogP contribution in [0.4, 0.5) is 5.69 Å². The third-order valence-electron chi connectivity index (χ3n) is 5.20. The molecule has 0 fully saturated rings. The molecule has 1 N–H and O–H groups in total. The Morgan fingerprint density at radius 3 is 2.36 bits per heavy atom. The first-order valence-corrected chi connectivity index (χ1v) is 11.3. The molecule has 0 radical (unpaired) electrons. The fourth-order valence-electron chi connectivity index (χ4n) is 3.49. The Labute approximate surface area is 198 Å². The molecular formula is C26H26N4O2S. The summed E-state index contributed by atoms with van der Waals surface area (Å²) in [4.78, 5) is 12.9. The lowest BCUT2D eigenvalue weighted by Gasteiger charge is -2.09. The zero-order chi connectivity index (χ0) is 23.2. The van der Waals surface area contributed by atoms with Gasteiger partial charge in [0.1, 0.15) is 12.3 Å². The number of benzene rings is 3. The maximum atomic E-state index is 12.9. The molecule has 168 valence electrons. The summed E-state index contributed by atoms with van der Waals surface area (Å²) >= 11 is 5.73. The quantitative estimate of drug-likeness (QED) is 0.261. The summed E-state index contributed by atoms with van der Waals surface area (Å²) in [6.07, 6.45) is 0. The molecule has 4 aromatic rings. The van der Waals surface area contributed by atoms with E-state index < -0.39 is 0 Å². The third kappa shape index (κ3) is 5.38. The van der Waals surface area contributed by atoms with E-state index in [-0.39, 0.29) is 12.3 Å². The third-order valence-corrected chi connectivity index (χ3v) is 5.60. The van der Waals surface area contributed by atoms with Gasteiger partial charge in [-0.3, -0.25) is 9.36 Å². The summed E-state index contributed by atoms with van der Waals surface area (Å²) in [7, 11) is 0. The van der Waals surface area contributed by atoms with Gasteiger partial charge in [0.25, 0.3) is 0 Å². The maximum absolute atomic E-state index is 12.9. The van der Waals surface area contributed by atoms with Gasteiger partial charge in [-0.2, -0.15) is 5.10 Å². The van der Waals surface area contributed by atoms with E-state index in [9.17, 15) is 4.79 Å². The van der Waals surface area contributed by atoms with E-state index >= 15 is 0 Å². The minimum atomic E-state index is -0.0649. The maximum Gasteiger partial charge on any atom is 0.203 e. The van der Waals surface area contributed by atoms with Crippen LogP contribution in [0.1, 0.15) is 28.7 Å². The van der Waals surface area contributed by atoms with Crippen LogP contribution < -0.4 is 10.1 Å². The Bertz CT molecular complexity index is 1280. The van der Waals surface area contributed by atoms with Crippen molar-refractivity contribution in [2.75, 3.05) is 11.9 Å². The summed E-state index contributed by atoms with van der Waals surface area (Å²) in [6, 6.07) is 25.1. The standard InChI is InChI=1S/C26H26N4O2S/c1-3-32-23-15-11-20(12-16-23)24(31)18-29-26(33)30(22-7-5-4-6-8-22)25(28-29)17-27-21-13-9-19(2)10-14-21/h4-16,27H,3,17-18H2,1-2H3. The number of ether oxygens (including phenoxy) is 1. The predicted octanol–water partition coefficient (Wildman–Crippen LogP) is 5.61. The first-order chi connectivity index (χ1) is 16.0. The summed E-state index contributed by atoms with van der Waals surface area (Å²) in [6.45, 7) is 5.09. The number of nitrogens with one attached hydrogen (secondary N) is 1. The number of aryl methyl sites for hydroxylation is 1. The van der Waals surface area contributed by atoms with E-state index in [1.54, 1.807) is 28.9 Å². The second-order valence-electron chi connectivity index (χ2n) is 7.63. The Morgan fingerprint density at radius 2 is 1.70 bits per heavy atom. The van der Waals surface area contributed by atoms with Crippen LogP contribution in [0.15, 0.2) is 78.9 Å². The SMILES string of the molecule is CCOc1ccc(C(=O)Cn2nc(CNc3ccc(C)cc3)n(-c3ccccc3)c2=S)cc1. The molecule has 7 heteroatoms. The van der Waals surface area contributed by atoms with Crippen molar-refractivity contribution in [3.05, 3.63) is 101 Å². The Balaban J connectivity index is 1.60. The van der Waals surface area contributed by atoms with Crippen molar-refractivity contribution < 1.29 is 9.53 Å². The van der Waals surface area contributed by atoms with E-state index in [0.29, 0.717) is 23.5 Å². The minimum absolute atomic E-state index is 0.0597. The molecular weight excluding hydrogens is 432 g/mol. The van der Waals surface area contributed by atoms with Crippen LogP contribution in [0.25, 0.3) is 5.69 Å². The molecule has 0 spiro atoms.